The van der Waals surface area contributed by atoms with Crippen LogP contribution in [0.2, 0.25) is 0 Å². The number of pyridine rings is 1. The van der Waals surface area contributed by atoms with Gasteiger partial charge in [0.1, 0.15) is 11.9 Å². The normalized spacial score (nSPS) is 15.7. The second-order valence-electron chi connectivity index (χ2n) is 11.5. The lowest BCUT2D eigenvalue weighted by molar-refractivity contribution is 0.1000. The summed E-state index contributed by atoms with van der Waals surface area (Å²) in [6.45, 7) is 0.407. The van der Waals surface area contributed by atoms with Gasteiger partial charge in [-0.3, -0.25) is 14.4 Å². The summed E-state index contributed by atoms with van der Waals surface area (Å²) < 4.78 is 1.74. The number of anilines is 2. The summed E-state index contributed by atoms with van der Waals surface area (Å²) in [5, 5.41) is 20.4. The van der Waals surface area contributed by atoms with E-state index < -0.39 is 5.91 Å². The molecule has 0 unspecified atom stereocenters. The van der Waals surface area contributed by atoms with E-state index in [-0.39, 0.29) is 18.1 Å². The van der Waals surface area contributed by atoms with Crippen molar-refractivity contribution in [3.05, 3.63) is 108 Å². The molecule has 236 valence electrons. The summed E-state index contributed by atoms with van der Waals surface area (Å²) in [5.74, 6) is 0.469. The maximum atomic E-state index is 13.7. The first-order chi connectivity index (χ1) is 22.9. The van der Waals surface area contributed by atoms with Crippen molar-refractivity contribution in [2.45, 2.75) is 44.3 Å². The molecule has 12 heteroatoms. The zero-order valence-electron chi connectivity index (χ0n) is 25.9. The van der Waals surface area contributed by atoms with Crippen LogP contribution in [-0.2, 0) is 13.6 Å². The summed E-state index contributed by atoms with van der Waals surface area (Å²) in [6, 6.07) is 22.3. The Bertz CT molecular complexity index is 1890. The Balaban J connectivity index is 1.16. The molecule has 0 spiro atoms. The van der Waals surface area contributed by atoms with Crippen molar-refractivity contribution in [3.8, 4) is 28.5 Å². The van der Waals surface area contributed by atoms with Gasteiger partial charge in [-0.05, 0) is 55.5 Å². The second-order valence-corrected chi connectivity index (χ2v) is 11.5. The van der Waals surface area contributed by atoms with Crippen molar-refractivity contribution in [1.29, 1.82) is 5.26 Å². The lowest BCUT2D eigenvalue weighted by Crippen LogP contribution is -2.49. The standard InChI is InChI=1S/C35H34N10O2/c1-44-22-28(21-41-44)26-11-16-31(38-19-26)45(35(47)40-18-23-5-3-2-4-6-23)30-14-12-29(13-15-30)42-34-39-20-27(17-36)32(43-34)24-7-9-25(10-8-24)33(37)46/h2-11,16,19-22,29-30H,12-15,18H2,1H3,(H2,37,46)(H,40,47)(H,39,42,43)/t29-,30-. The van der Waals surface area contributed by atoms with Crippen LogP contribution in [0.5, 0.6) is 0 Å². The molecular weight excluding hydrogens is 592 g/mol. The molecule has 12 nitrogen and oxygen atoms in total. The number of nitrogens with zero attached hydrogens (tertiary/aromatic N) is 7. The Kier molecular flexibility index (Phi) is 9.15. The highest BCUT2D eigenvalue weighted by atomic mass is 16.2. The van der Waals surface area contributed by atoms with Crippen LogP contribution in [0.15, 0.2) is 91.5 Å². The van der Waals surface area contributed by atoms with Crippen molar-refractivity contribution in [2.75, 3.05) is 10.2 Å². The molecule has 1 aliphatic carbocycles. The minimum Gasteiger partial charge on any atom is -0.366 e. The molecule has 1 fully saturated rings. The molecule has 1 aliphatic rings. The van der Waals surface area contributed by atoms with Gasteiger partial charge in [0.05, 0.1) is 23.7 Å². The Hall–Kier alpha value is -6.09. The molecule has 3 amide bonds. The number of hydrogen-bond donors (Lipinski definition) is 3. The molecule has 0 aliphatic heterocycles. The topological polar surface area (TPSA) is 168 Å². The van der Waals surface area contributed by atoms with Gasteiger partial charge in [0.15, 0.2) is 0 Å². The third kappa shape index (κ3) is 7.26. The Morgan fingerprint density at radius 3 is 2.32 bits per heavy atom. The van der Waals surface area contributed by atoms with E-state index in [4.69, 9.17) is 10.7 Å². The first-order valence-electron chi connectivity index (χ1n) is 15.4. The van der Waals surface area contributed by atoms with Gasteiger partial charge in [-0.15, -0.1) is 0 Å². The summed E-state index contributed by atoms with van der Waals surface area (Å²) in [5.41, 5.74) is 10.1. The molecule has 0 bridgehead atoms. The van der Waals surface area contributed by atoms with Crippen molar-refractivity contribution in [2.24, 2.45) is 12.8 Å². The smallest absolute Gasteiger partial charge is 0.323 e. The van der Waals surface area contributed by atoms with E-state index in [1.165, 1.54) is 6.20 Å². The molecule has 3 heterocycles. The lowest BCUT2D eigenvalue weighted by atomic mass is 9.90. The molecule has 3 aromatic heterocycles. The van der Waals surface area contributed by atoms with Crippen molar-refractivity contribution >= 4 is 23.7 Å². The number of aromatic nitrogens is 5. The minimum atomic E-state index is -0.525. The number of amides is 3. The Labute approximate surface area is 272 Å². The van der Waals surface area contributed by atoms with Gasteiger partial charge in [-0.25, -0.2) is 19.7 Å². The zero-order valence-corrected chi connectivity index (χ0v) is 25.9. The van der Waals surface area contributed by atoms with Crippen molar-refractivity contribution in [3.63, 3.8) is 0 Å². The third-order valence-corrected chi connectivity index (χ3v) is 8.29. The minimum absolute atomic E-state index is 0.0678. The van der Waals surface area contributed by atoms with Gasteiger partial charge in [0, 0.05) is 60.3 Å². The molecule has 5 aromatic rings. The van der Waals surface area contributed by atoms with Gasteiger partial charge in [0.2, 0.25) is 11.9 Å². The predicted octanol–water partition coefficient (Wildman–Crippen LogP) is 5.05. The highest BCUT2D eigenvalue weighted by Crippen LogP contribution is 2.30. The average Bonchev–Trinajstić information content (AvgIpc) is 3.55. The second kappa shape index (κ2) is 13.9. The molecule has 6 rings (SSSR count). The largest absolute Gasteiger partial charge is 0.366 e. The van der Waals surface area contributed by atoms with E-state index in [0.29, 0.717) is 40.7 Å². The molecular formula is C35H34N10O2. The number of primary amides is 1. The number of urea groups is 1. The number of carbonyl (C=O) groups is 2. The van der Waals surface area contributed by atoms with Crippen molar-refractivity contribution in [1.82, 2.24) is 30.0 Å². The highest BCUT2D eigenvalue weighted by Gasteiger charge is 2.31. The molecule has 1 saturated carbocycles. The van der Waals surface area contributed by atoms with E-state index in [1.807, 2.05) is 55.7 Å². The molecule has 0 atom stereocenters. The van der Waals surface area contributed by atoms with Crippen LogP contribution < -0.4 is 21.3 Å². The van der Waals surface area contributed by atoms with E-state index in [1.54, 1.807) is 46.2 Å². The zero-order chi connectivity index (χ0) is 32.8. The SMILES string of the molecule is Cn1cc(-c2ccc(N(C(=O)NCc3ccccc3)[C@H]3CC[C@H](Nc4ncc(C#N)c(-c5ccc(C(N)=O)cc5)n4)CC3)nc2)cn1. The van der Waals surface area contributed by atoms with E-state index >= 15 is 0 Å². The number of aryl methyl sites for hydroxylation is 1. The predicted molar refractivity (Wildman–Crippen MR) is 178 cm³/mol. The van der Waals surface area contributed by atoms with Crippen LogP contribution in [0, 0.1) is 11.3 Å². The molecule has 4 N–H and O–H groups in total. The Morgan fingerprint density at radius 2 is 1.68 bits per heavy atom. The van der Waals surface area contributed by atoms with Gasteiger partial charge >= 0.3 is 6.03 Å². The number of hydrogen-bond acceptors (Lipinski definition) is 8. The maximum Gasteiger partial charge on any atom is 0.323 e. The van der Waals surface area contributed by atoms with Crippen LogP contribution in [-0.4, -0.2) is 48.8 Å². The molecule has 2 aromatic carbocycles. The third-order valence-electron chi connectivity index (χ3n) is 8.29. The number of nitrogens with two attached hydrogens (primary N) is 1. The lowest BCUT2D eigenvalue weighted by Gasteiger charge is -2.36. The van der Waals surface area contributed by atoms with Crippen LogP contribution in [0.25, 0.3) is 22.4 Å². The fourth-order valence-corrected chi connectivity index (χ4v) is 5.79. The quantitative estimate of drug-likeness (QED) is 0.204. The van der Waals surface area contributed by atoms with Gasteiger partial charge < -0.3 is 16.4 Å². The van der Waals surface area contributed by atoms with Gasteiger partial charge in [-0.1, -0.05) is 42.5 Å². The molecule has 0 saturated heterocycles. The molecule has 47 heavy (non-hydrogen) atoms. The summed E-state index contributed by atoms with van der Waals surface area (Å²) in [6.07, 6.45) is 10.0. The summed E-state index contributed by atoms with van der Waals surface area (Å²) in [4.78, 5) is 40.7. The summed E-state index contributed by atoms with van der Waals surface area (Å²) in [7, 11) is 1.87. The van der Waals surface area contributed by atoms with Gasteiger partial charge in [0.25, 0.3) is 0 Å². The van der Waals surface area contributed by atoms with E-state index in [2.05, 4.69) is 31.8 Å². The first kappa shape index (κ1) is 30.9. The van der Waals surface area contributed by atoms with E-state index in [0.717, 1.165) is 42.4 Å². The van der Waals surface area contributed by atoms with Gasteiger partial charge in [-0.2, -0.15) is 10.4 Å². The van der Waals surface area contributed by atoms with Crippen LogP contribution in [0.4, 0.5) is 16.6 Å². The van der Waals surface area contributed by atoms with E-state index in [9.17, 15) is 14.9 Å². The maximum absolute atomic E-state index is 13.7. The number of nitriles is 1. The number of benzene rings is 2. The number of carbonyl (C=O) groups excluding carboxylic acids is 2. The average molecular weight is 627 g/mol. The van der Waals surface area contributed by atoms with Crippen LogP contribution >= 0.6 is 0 Å². The number of rotatable bonds is 9. The molecule has 0 radical (unpaired) electrons. The number of nitrogens with one attached hydrogen (secondary N) is 2. The Morgan fingerprint density at radius 1 is 0.936 bits per heavy atom. The fraction of sp³-hybridized carbons (Fsp3) is 0.229. The van der Waals surface area contributed by atoms with Crippen LogP contribution in [0.3, 0.4) is 0 Å². The summed E-state index contributed by atoms with van der Waals surface area (Å²) >= 11 is 0. The first-order valence-corrected chi connectivity index (χ1v) is 15.4. The van der Waals surface area contributed by atoms with Crippen LogP contribution in [0.1, 0.15) is 47.2 Å². The highest BCUT2D eigenvalue weighted by molar-refractivity contribution is 5.93. The fourth-order valence-electron chi connectivity index (χ4n) is 5.79. The van der Waals surface area contributed by atoms with Crippen molar-refractivity contribution < 1.29 is 9.59 Å². The monoisotopic (exact) mass is 626 g/mol.